The zero-order valence-corrected chi connectivity index (χ0v) is 14.9. The van der Waals surface area contributed by atoms with Gasteiger partial charge >= 0.3 is 0 Å². The number of benzene rings is 3. The molecule has 1 aliphatic rings. The molecule has 5 rings (SSSR count). The number of fused-ring (bicyclic) bond motifs is 5. The van der Waals surface area contributed by atoms with E-state index in [9.17, 15) is 4.79 Å². The molecule has 2 heterocycles. The number of ether oxygens (including phenoxy) is 2. The summed E-state index contributed by atoms with van der Waals surface area (Å²) < 4.78 is 12.6. The predicted octanol–water partition coefficient (Wildman–Crippen LogP) is 3.18. The van der Waals surface area contributed by atoms with E-state index in [1.54, 1.807) is 37.0 Å². The van der Waals surface area contributed by atoms with Crippen molar-refractivity contribution in [2.75, 3.05) is 20.0 Å². The van der Waals surface area contributed by atoms with Gasteiger partial charge in [-0.3, -0.25) is 9.36 Å². The number of rotatable bonds is 2. The molecule has 6 nitrogen and oxygen atoms in total. The lowest BCUT2D eigenvalue weighted by atomic mass is 10.0. The number of methoxy groups -OCH3 is 2. The lowest BCUT2D eigenvalue weighted by molar-refractivity contribution is 0.398. The molecule has 0 spiro atoms. The molecule has 1 aliphatic heterocycles. The molecule has 0 unspecified atom stereocenters. The Hall–Kier alpha value is -3.54. The van der Waals surface area contributed by atoms with Crippen molar-refractivity contribution in [1.29, 1.82) is 0 Å². The van der Waals surface area contributed by atoms with Crippen molar-refractivity contribution in [1.82, 2.24) is 9.55 Å². The second-order valence-corrected chi connectivity index (χ2v) is 6.66. The largest absolute Gasteiger partial charge is 0.497 e. The molecule has 2 N–H and O–H groups in total. The fourth-order valence-electron chi connectivity index (χ4n) is 3.78. The first-order valence-electron chi connectivity index (χ1n) is 8.58. The van der Waals surface area contributed by atoms with Gasteiger partial charge in [0.2, 0.25) is 0 Å². The maximum Gasteiger partial charge on any atom is 0.262 e. The highest BCUT2D eigenvalue weighted by atomic mass is 16.5. The minimum atomic E-state index is -0.0768. The Bertz CT molecular complexity index is 1310. The Morgan fingerprint density at radius 2 is 1.89 bits per heavy atom. The number of nitrogens with two attached hydrogens (primary N) is 1. The van der Waals surface area contributed by atoms with Crippen molar-refractivity contribution < 1.29 is 9.47 Å². The van der Waals surface area contributed by atoms with Crippen molar-refractivity contribution in [3.8, 4) is 22.9 Å². The monoisotopic (exact) mass is 359 g/mol. The van der Waals surface area contributed by atoms with Gasteiger partial charge in [-0.2, -0.15) is 0 Å². The van der Waals surface area contributed by atoms with E-state index in [1.807, 2.05) is 18.2 Å². The molecule has 3 aromatic carbocycles. The maximum absolute atomic E-state index is 13.0. The maximum atomic E-state index is 13.0. The van der Waals surface area contributed by atoms with Crippen LogP contribution in [0.1, 0.15) is 5.56 Å². The SMILES string of the molecule is COc1cc(OC)c2cc3c(cc2c1)-c1nc2ccc(N)cc2c(=O)n1C3. The van der Waals surface area contributed by atoms with Crippen LogP contribution in [0.15, 0.2) is 47.3 Å². The predicted molar refractivity (Wildman–Crippen MR) is 106 cm³/mol. The molecule has 0 radical (unpaired) electrons. The molecular weight excluding hydrogens is 342 g/mol. The summed E-state index contributed by atoms with van der Waals surface area (Å²) in [6.45, 7) is 0.479. The average Bonchev–Trinajstić information content (AvgIpc) is 3.04. The van der Waals surface area contributed by atoms with E-state index >= 15 is 0 Å². The van der Waals surface area contributed by atoms with Gasteiger partial charge in [-0.25, -0.2) is 4.98 Å². The fraction of sp³-hybridized carbons (Fsp3) is 0.143. The van der Waals surface area contributed by atoms with E-state index in [-0.39, 0.29) is 5.56 Å². The molecule has 0 atom stereocenters. The van der Waals surface area contributed by atoms with Gasteiger partial charge in [-0.1, -0.05) is 0 Å². The summed E-state index contributed by atoms with van der Waals surface area (Å²) in [5.41, 5.74) is 8.97. The van der Waals surface area contributed by atoms with Gasteiger partial charge in [0.1, 0.15) is 17.3 Å². The normalized spacial score (nSPS) is 12.2. The van der Waals surface area contributed by atoms with Crippen LogP contribution in [0.4, 0.5) is 5.69 Å². The van der Waals surface area contributed by atoms with Crippen LogP contribution >= 0.6 is 0 Å². The first kappa shape index (κ1) is 15.7. The third-order valence-corrected chi connectivity index (χ3v) is 5.12. The van der Waals surface area contributed by atoms with Gasteiger partial charge in [-0.15, -0.1) is 0 Å². The standard InChI is InChI=1S/C21H17N3O3/c1-26-14-5-11-6-16-12(7-15(11)19(9-14)27-2)10-24-20(16)23-18-4-3-13(22)8-17(18)21(24)25/h3-9H,10,22H2,1-2H3. The number of aromatic nitrogens is 2. The van der Waals surface area contributed by atoms with Gasteiger partial charge in [0.25, 0.3) is 5.56 Å². The second-order valence-electron chi connectivity index (χ2n) is 6.66. The van der Waals surface area contributed by atoms with Crippen LogP contribution in [0.5, 0.6) is 11.5 Å². The van der Waals surface area contributed by atoms with Crippen molar-refractivity contribution in [2.24, 2.45) is 0 Å². The molecule has 0 fully saturated rings. The fourth-order valence-corrected chi connectivity index (χ4v) is 3.78. The average molecular weight is 359 g/mol. The van der Waals surface area contributed by atoms with Crippen molar-refractivity contribution in [3.63, 3.8) is 0 Å². The first-order chi connectivity index (χ1) is 13.1. The van der Waals surface area contributed by atoms with Crippen molar-refractivity contribution in [2.45, 2.75) is 6.54 Å². The van der Waals surface area contributed by atoms with Crippen LogP contribution in [-0.2, 0) is 6.54 Å². The Kier molecular flexibility index (Phi) is 3.18. The number of nitrogen functional groups attached to an aromatic ring is 1. The molecule has 1 aromatic heterocycles. The smallest absolute Gasteiger partial charge is 0.262 e. The summed E-state index contributed by atoms with van der Waals surface area (Å²) in [5.74, 6) is 2.13. The zero-order chi connectivity index (χ0) is 18.7. The van der Waals surface area contributed by atoms with Gasteiger partial charge in [0.05, 0.1) is 31.7 Å². The van der Waals surface area contributed by atoms with Gasteiger partial charge in [-0.05, 0) is 47.3 Å². The lowest BCUT2D eigenvalue weighted by Gasteiger charge is -2.10. The van der Waals surface area contributed by atoms with E-state index in [1.165, 1.54) is 0 Å². The zero-order valence-electron chi connectivity index (χ0n) is 14.9. The van der Waals surface area contributed by atoms with Crippen molar-refractivity contribution in [3.05, 3.63) is 58.4 Å². The highest BCUT2D eigenvalue weighted by Gasteiger charge is 2.24. The van der Waals surface area contributed by atoms with E-state index in [0.29, 0.717) is 29.0 Å². The molecule has 0 saturated heterocycles. The van der Waals surface area contributed by atoms with Crippen LogP contribution in [0.3, 0.4) is 0 Å². The van der Waals surface area contributed by atoms with Crippen LogP contribution in [0.25, 0.3) is 33.1 Å². The minimum Gasteiger partial charge on any atom is -0.497 e. The number of hydrogen-bond acceptors (Lipinski definition) is 5. The molecule has 6 heteroatoms. The number of hydrogen-bond donors (Lipinski definition) is 1. The molecule has 134 valence electrons. The molecular formula is C21H17N3O3. The quantitative estimate of drug-likeness (QED) is 0.490. The third-order valence-electron chi connectivity index (χ3n) is 5.12. The highest BCUT2D eigenvalue weighted by Crippen LogP contribution is 2.38. The third kappa shape index (κ3) is 2.19. The van der Waals surface area contributed by atoms with E-state index in [0.717, 1.165) is 33.4 Å². The molecule has 0 saturated carbocycles. The second kappa shape index (κ2) is 5.48. The Balaban J connectivity index is 1.82. The van der Waals surface area contributed by atoms with E-state index in [4.69, 9.17) is 20.2 Å². The van der Waals surface area contributed by atoms with E-state index in [2.05, 4.69) is 6.07 Å². The highest BCUT2D eigenvalue weighted by molar-refractivity contribution is 5.95. The molecule has 4 aromatic rings. The van der Waals surface area contributed by atoms with Crippen LogP contribution < -0.4 is 20.8 Å². The summed E-state index contributed by atoms with van der Waals surface area (Å²) in [6, 6.07) is 13.2. The van der Waals surface area contributed by atoms with Crippen LogP contribution in [0, 0.1) is 0 Å². The summed E-state index contributed by atoms with van der Waals surface area (Å²) >= 11 is 0. The molecule has 0 amide bonds. The Morgan fingerprint density at radius 3 is 2.67 bits per heavy atom. The van der Waals surface area contributed by atoms with Crippen LogP contribution in [-0.4, -0.2) is 23.8 Å². The molecule has 0 bridgehead atoms. The minimum absolute atomic E-state index is 0.0768. The van der Waals surface area contributed by atoms with E-state index < -0.39 is 0 Å². The lowest BCUT2D eigenvalue weighted by Crippen LogP contribution is -2.20. The molecule has 27 heavy (non-hydrogen) atoms. The Morgan fingerprint density at radius 1 is 1.04 bits per heavy atom. The summed E-state index contributed by atoms with van der Waals surface area (Å²) in [6.07, 6.45) is 0. The summed E-state index contributed by atoms with van der Waals surface area (Å²) in [7, 11) is 3.27. The Labute approximate surface area is 154 Å². The first-order valence-corrected chi connectivity index (χ1v) is 8.58. The van der Waals surface area contributed by atoms with Gasteiger partial charge < -0.3 is 15.2 Å². The molecule has 0 aliphatic carbocycles. The van der Waals surface area contributed by atoms with Gasteiger partial charge in [0, 0.05) is 22.7 Å². The summed E-state index contributed by atoms with van der Waals surface area (Å²) in [5, 5.41) is 2.49. The topological polar surface area (TPSA) is 79.4 Å². The number of anilines is 1. The van der Waals surface area contributed by atoms with Gasteiger partial charge in [0.15, 0.2) is 0 Å². The number of nitrogens with zero attached hydrogens (tertiary/aromatic N) is 2. The van der Waals surface area contributed by atoms with Crippen LogP contribution in [0.2, 0.25) is 0 Å². The van der Waals surface area contributed by atoms with Crippen molar-refractivity contribution >= 4 is 27.4 Å². The summed E-state index contributed by atoms with van der Waals surface area (Å²) in [4.78, 5) is 17.7.